The predicted octanol–water partition coefficient (Wildman–Crippen LogP) is 2.39. The van der Waals surface area contributed by atoms with Crippen molar-refractivity contribution in [2.75, 3.05) is 0 Å². The highest BCUT2D eigenvalue weighted by Gasteiger charge is 2.18. The number of hydrogen-bond acceptors (Lipinski definition) is 0. The second-order valence-electron chi connectivity index (χ2n) is 3.74. The first kappa shape index (κ1) is 6.53. The molecule has 2 aliphatic rings. The highest BCUT2D eigenvalue weighted by atomic mass is 15.0. The summed E-state index contributed by atoms with van der Waals surface area (Å²) in [5, 5.41) is 0. The molecular formula is C11H13N. The van der Waals surface area contributed by atoms with Gasteiger partial charge in [0.15, 0.2) is 0 Å². The SMILES string of the molecule is C1=Cc2c(cc3n2CCC3)CC1. The molecule has 0 N–H and O–H groups in total. The Morgan fingerprint density at radius 2 is 2.25 bits per heavy atom. The van der Waals surface area contributed by atoms with Gasteiger partial charge in [0.2, 0.25) is 0 Å². The van der Waals surface area contributed by atoms with E-state index in [9.17, 15) is 0 Å². The molecule has 0 amide bonds. The fraction of sp³-hybridized carbons (Fsp3) is 0.455. The fourth-order valence-electron chi connectivity index (χ4n) is 2.40. The minimum Gasteiger partial charge on any atom is -0.345 e. The average Bonchev–Trinajstić information content (AvgIpc) is 2.62. The molecule has 0 bridgehead atoms. The van der Waals surface area contributed by atoms with Crippen LogP contribution in [0.15, 0.2) is 12.1 Å². The van der Waals surface area contributed by atoms with E-state index in [1.54, 1.807) is 11.3 Å². The zero-order chi connectivity index (χ0) is 7.97. The van der Waals surface area contributed by atoms with Gasteiger partial charge in [-0.3, -0.25) is 0 Å². The zero-order valence-electron chi connectivity index (χ0n) is 7.21. The minimum absolute atomic E-state index is 1.23. The summed E-state index contributed by atoms with van der Waals surface area (Å²) in [6.07, 6.45) is 9.72. The number of rotatable bonds is 0. The van der Waals surface area contributed by atoms with E-state index in [0.717, 1.165) is 0 Å². The van der Waals surface area contributed by atoms with Crippen LogP contribution in [0.25, 0.3) is 6.08 Å². The van der Waals surface area contributed by atoms with E-state index in [0.29, 0.717) is 0 Å². The lowest BCUT2D eigenvalue weighted by atomic mass is 10.0. The molecule has 3 rings (SSSR count). The topological polar surface area (TPSA) is 4.93 Å². The van der Waals surface area contributed by atoms with Crippen LogP contribution in [-0.2, 0) is 19.4 Å². The van der Waals surface area contributed by atoms with Crippen LogP contribution in [-0.4, -0.2) is 4.57 Å². The van der Waals surface area contributed by atoms with E-state index in [1.807, 2.05) is 0 Å². The van der Waals surface area contributed by atoms with Gasteiger partial charge in [0, 0.05) is 17.9 Å². The lowest BCUT2D eigenvalue weighted by Crippen LogP contribution is -1.99. The molecule has 0 fully saturated rings. The van der Waals surface area contributed by atoms with E-state index in [2.05, 4.69) is 22.8 Å². The molecule has 0 aromatic carbocycles. The van der Waals surface area contributed by atoms with Crippen molar-refractivity contribution < 1.29 is 0 Å². The largest absolute Gasteiger partial charge is 0.345 e. The molecule has 0 radical (unpaired) electrons. The molecule has 0 spiro atoms. The van der Waals surface area contributed by atoms with E-state index in [-0.39, 0.29) is 0 Å². The summed E-state index contributed by atoms with van der Waals surface area (Å²) in [7, 11) is 0. The summed E-state index contributed by atoms with van der Waals surface area (Å²) < 4.78 is 2.49. The Hall–Kier alpha value is -0.980. The second kappa shape index (κ2) is 2.25. The van der Waals surface area contributed by atoms with Gasteiger partial charge in [-0.25, -0.2) is 0 Å². The Morgan fingerprint density at radius 3 is 3.25 bits per heavy atom. The number of allylic oxidation sites excluding steroid dienone is 1. The minimum atomic E-state index is 1.23. The number of aromatic nitrogens is 1. The van der Waals surface area contributed by atoms with Gasteiger partial charge in [-0.2, -0.15) is 0 Å². The van der Waals surface area contributed by atoms with Crippen molar-refractivity contribution in [1.82, 2.24) is 4.57 Å². The van der Waals surface area contributed by atoms with Crippen LogP contribution in [0.3, 0.4) is 0 Å². The molecule has 62 valence electrons. The fourth-order valence-corrected chi connectivity index (χ4v) is 2.40. The van der Waals surface area contributed by atoms with E-state index < -0.39 is 0 Å². The van der Waals surface area contributed by atoms with Crippen LogP contribution >= 0.6 is 0 Å². The molecule has 1 aliphatic heterocycles. The number of hydrogen-bond donors (Lipinski definition) is 0. The summed E-state index contributed by atoms with van der Waals surface area (Å²) in [6.45, 7) is 1.25. The molecule has 1 aromatic heterocycles. The van der Waals surface area contributed by atoms with Gasteiger partial charge in [-0.15, -0.1) is 0 Å². The molecule has 0 unspecified atom stereocenters. The molecular weight excluding hydrogens is 146 g/mol. The number of aryl methyl sites for hydroxylation is 2. The van der Waals surface area contributed by atoms with Gasteiger partial charge in [-0.1, -0.05) is 6.08 Å². The van der Waals surface area contributed by atoms with Crippen LogP contribution in [0.1, 0.15) is 29.8 Å². The molecule has 0 atom stereocenters. The van der Waals surface area contributed by atoms with Gasteiger partial charge in [0.05, 0.1) is 0 Å². The summed E-state index contributed by atoms with van der Waals surface area (Å²) in [5.41, 5.74) is 4.63. The summed E-state index contributed by atoms with van der Waals surface area (Å²) >= 11 is 0. The van der Waals surface area contributed by atoms with Crippen LogP contribution < -0.4 is 0 Å². The number of fused-ring (bicyclic) bond motifs is 3. The van der Waals surface area contributed by atoms with Crippen LogP contribution in [0.4, 0.5) is 0 Å². The van der Waals surface area contributed by atoms with Crippen molar-refractivity contribution >= 4 is 6.08 Å². The Kier molecular flexibility index (Phi) is 1.23. The van der Waals surface area contributed by atoms with Gasteiger partial charge in [-0.05, 0) is 43.4 Å². The van der Waals surface area contributed by atoms with Gasteiger partial charge >= 0.3 is 0 Å². The molecule has 1 aliphatic carbocycles. The standard InChI is InChI=1S/C11H13N/c1-2-6-11-9(4-1)8-10-5-3-7-12(10)11/h2,6,8H,1,3-5,7H2. The second-order valence-corrected chi connectivity index (χ2v) is 3.74. The Bertz CT molecular complexity index is 344. The molecule has 0 saturated heterocycles. The Balaban J connectivity index is 2.22. The predicted molar refractivity (Wildman–Crippen MR) is 50.1 cm³/mol. The molecule has 12 heavy (non-hydrogen) atoms. The third kappa shape index (κ3) is 0.739. The van der Waals surface area contributed by atoms with Gasteiger partial charge in [0.25, 0.3) is 0 Å². The van der Waals surface area contributed by atoms with Crippen molar-refractivity contribution in [3.8, 4) is 0 Å². The van der Waals surface area contributed by atoms with Crippen LogP contribution in [0.5, 0.6) is 0 Å². The van der Waals surface area contributed by atoms with Gasteiger partial charge < -0.3 is 4.57 Å². The smallest absolute Gasteiger partial charge is 0.0438 e. The molecule has 1 nitrogen and oxygen atoms in total. The molecule has 2 heterocycles. The molecule has 0 saturated carbocycles. The van der Waals surface area contributed by atoms with Gasteiger partial charge in [0.1, 0.15) is 0 Å². The monoisotopic (exact) mass is 159 g/mol. The summed E-state index contributed by atoms with van der Waals surface area (Å²) in [6, 6.07) is 2.41. The van der Waals surface area contributed by atoms with Crippen molar-refractivity contribution in [1.29, 1.82) is 0 Å². The van der Waals surface area contributed by atoms with Crippen LogP contribution in [0.2, 0.25) is 0 Å². The van der Waals surface area contributed by atoms with Crippen molar-refractivity contribution in [3.63, 3.8) is 0 Å². The Labute approximate surface area is 72.7 Å². The third-order valence-electron chi connectivity index (χ3n) is 2.98. The summed E-state index contributed by atoms with van der Waals surface area (Å²) in [5.74, 6) is 0. The zero-order valence-corrected chi connectivity index (χ0v) is 7.21. The number of nitrogens with zero attached hydrogens (tertiary/aromatic N) is 1. The first-order valence-electron chi connectivity index (χ1n) is 4.83. The van der Waals surface area contributed by atoms with E-state index in [1.165, 1.54) is 37.9 Å². The molecule has 1 heteroatoms. The van der Waals surface area contributed by atoms with Crippen LogP contribution in [0, 0.1) is 0 Å². The molecule has 1 aromatic rings. The normalized spacial score (nSPS) is 19.3. The highest BCUT2D eigenvalue weighted by Crippen LogP contribution is 2.27. The van der Waals surface area contributed by atoms with E-state index >= 15 is 0 Å². The average molecular weight is 159 g/mol. The van der Waals surface area contributed by atoms with Crippen molar-refractivity contribution in [3.05, 3.63) is 29.1 Å². The lowest BCUT2D eigenvalue weighted by Gasteiger charge is -2.08. The Morgan fingerprint density at radius 1 is 1.25 bits per heavy atom. The third-order valence-corrected chi connectivity index (χ3v) is 2.98. The lowest BCUT2D eigenvalue weighted by molar-refractivity contribution is 0.736. The maximum Gasteiger partial charge on any atom is 0.0438 e. The van der Waals surface area contributed by atoms with E-state index in [4.69, 9.17) is 0 Å². The van der Waals surface area contributed by atoms with Crippen molar-refractivity contribution in [2.45, 2.75) is 32.2 Å². The highest BCUT2D eigenvalue weighted by molar-refractivity contribution is 5.55. The first-order chi connectivity index (χ1) is 5.95. The maximum atomic E-state index is 2.49. The van der Waals surface area contributed by atoms with Crippen molar-refractivity contribution in [2.24, 2.45) is 0 Å². The summed E-state index contributed by atoms with van der Waals surface area (Å²) in [4.78, 5) is 0. The quantitative estimate of drug-likeness (QED) is 0.547. The first-order valence-corrected chi connectivity index (χ1v) is 4.83. The maximum absolute atomic E-state index is 2.49.